The summed E-state index contributed by atoms with van der Waals surface area (Å²) in [5.74, 6) is -0.119. The summed E-state index contributed by atoms with van der Waals surface area (Å²) in [7, 11) is 3.14. The summed E-state index contributed by atoms with van der Waals surface area (Å²) in [5.41, 5.74) is 0.953. The highest BCUT2D eigenvalue weighted by molar-refractivity contribution is 8.15. The highest BCUT2D eigenvalue weighted by Gasteiger charge is 2.34. The Kier molecular flexibility index (Phi) is 6.56. The van der Waals surface area contributed by atoms with E-state index in [-0.39, 0.29) is 34.0 Å². The van der Waals surface area contributed by atoms with Gasteiger partial charge in [0, 0.05) is 19.2 Å². The van der Waals surface area contributed by atoms with E-state index in [2.05, 4.69) is 10.3 Å². The van der Waals surface area contributed by atoms with Crippen molar-refractivity contribution in [3.05, 3.63) is 46.4 Å². The van der Waals surface area contributed by atoms with Gasteiger partial charge in [0.05, 0.1) is 22.8 Å². The summed E-state index contributed by atoms with van der Waals surface area (Å²) in [6.45, 7) is 0. The van der Waals surface area contributed by atoms with Gasteiger partial charge in [-0.3, -0.25) is 14.5 Å². The number of rotatable bonds is 4. The van der Waals surface area contributed by atoms with Crippen LogP contribution in [0.1, 0.15) is 6.42 Å². The first-order valence-corrected chi connectivity index (χ1v) is 10.1. The van der Waals surface area contributed by atoms with E-state index in [4.69, 9.17) is 27.9 Å². The molecule has 7 nitrogen and oxygen atoms in total. The molecule has 3 rings (SSSR count). The Hall–Kier alpha value is -2.42. The second kappa shape index (κ2) is 8.94. The molecule has 29 heavy (non-hydrogen) atoms. The first-order chi connectivity index (χ1) is 13.8. The molecule has 2 aromatic carbocycles. The van der Waals surface area contributed by atoms with Gasteiger partial charge in [-0.1, -0.05) is 35.0 Å². The number of hydrogen-bond donors (Lipinski definition) is 2. The number of hydrogen-bond acceptors (Lipinski definition) is 6. The summed E-state index contributed by atoms with van der Waals surface area (Å²) in [6.07, 6.45) is 0.0409. The third-order valence-electron chi connectivity index (χ3n) is 4.15. The molecule has 1 atom stereocenters. The van der Waals surface area contributed by atoms with Crippen LogP contribution in [-0.2, 0) is 9.59 Å². The molecule has 0 spiro atoms. The molecule has 1 saturated heterocycles. The number of carbonyl (C=O) groups is 2. The molecule has 2 amide bonds. The SMILES string of the molecule is COc1ccc(NC(=O)C2CC(=O)N(C)C(=Nc3cc(Cl)c(O)c(Cl)c3)S2)cc1. The van der Waals surface area contributed by atoms with Gasteiger partial charge >= 0.3 is 0 Å². The fourth-order valence-corrected chi connectivity index (χ4v) is 4.06. The van der Waals surface area contributed by atoms with Crippen LogP contribution in [-0.4, -0.2) is 46.4 Å². The molecule has 0 radical (unpaired) electrons. The number of ether oxygens (including phenoxy) is 1. The number of amides is 2. The lowest BCUT2D eigenvalue weighted by molar-refractivity contribution is -0.128. The summed E-state index contributed by atoms with van der Waals surface area (Å²) in [4.78, 5) is 30.8. The number of aliphatic imine (C=N–C) groups is 1. The summed E-state index contributed by atoms with van der Waals surface area (Å²) in [5, 5.41) is 12.2. The van der Waals surface area contributed by atoms with Crippen LogP contribution in [0.15, 0.2) is 41.4 Å². The largest absolute Gasteiger partial charge is 0.505 e. The molecule has 0 aromatic heterocycles. The van der Waals surface area contributed by atoms with E-state index in [9.17, 15) is 14.7 Å². The number of aromatic hydroxyl groups is 1. The topological polar surface area (TPSA) is 91.2 Å². The predicted molar refractivity (Wildman–Crippen MR) is 116 cm³/mol. The van der Waals surface area contributed by atoms with Crippen molar-refractivity contribution >= 4 is 63.3 Å². The molecule has 2 aromatic rings. The fraction of sp³-hybridized carbons (Fsp3) is 0.211. The highest BCUT2D eigenvalue weighted by atomic mass is 35.5. The number of phenolic OH excluding ortho intramolecular Hbond substituents is 1. The van der Waals surface area contributed by atoms with Crippen LogP contribution in [0.2, 0.25) is 10.0 Å². The number of amidine groups is 1. The predicted octanol–water partition coefficient (Wildman–Crippen LogP) is 4.30. The van der Waals surface area contributed by atoms with Crippen molar-refractivity contribution in [3.8, 4) is 11.5 Å². The van der Waals surface area contributed by atoms with Gasteiger partial charge in [0.15, 0.2) is 10.9 Å². The quantitative estimate of drug-likeness (QED) is 0.719. The smallest absolute Gasteiger partial charge is 0.238 e. The second-order valence-electron chi connectivity index (χ2n) is 6.13. The average Bonchev–Trinajstić information content (AvgIpc) is 2.69. The van der Waals surface area contributed by atoms with Gasteiger partial charge in [0.1, 0.15) is 11.0 Å². The van der Waals surface area contributed by atoms with E-state index in [1.807, 2.05) is 0 Å². The number of halogens is 2. The van der Waals surface area contributed by atoms with Crippen LogP contribution < -0.4 is 10.1 Å². The Bertz CT molecular complexity index is 959. The first-order valence-electron chi connectivity index (χ1n) is 8.43. The van der Waals surface area contributed by atoms with Crippen molar-refractivity contribution < 1.29 is 19.4 Å². The molecule has 152 valence electrons. The van der Waals surface area contributed by atoms with Crippen molar-refractivity contribution in [2.45, 2.75) is 11.7 Å². The Morgan fingerprint density at radius 2 is 1.90 bits per heavy atom. The van der Waals surface area contributed by atoms with Crippen molar-refractivity contribution in [3.63, 3.8) is 0 Å². The molecular formula is C19H17Cl2N3O4S. The molecular weight excluding hydrogens is 437 g/mol. The minimum Gasteiger partial charge on any atom is -0.505 e. The summed E-state index contributed by atoms with van der Waals surface area (Å²) < 4.78 is 5.09. The van der Waals surface area contributed by atoms with E-state index in [1.165, 1.54) is 17.0 Å². The van der Waals surface area contributed by atoms with Gasteiger partial charge in [0.2, 0.25) is 11.8 Å². The van der Waals surface area contributed by atoms with Crippen LogP contribution in [0.5, 0.6) is 11.5 Å². The highest BCUT2D eigenvalue weighted by Crippen LogP contribution is 2.37. The lowest BCUT2D eigenvalue weighted by Gasteiger charge is -2.28. The number of nitrogens with one attached hydrogen (secondary N) is 1. The van der Waals surface area contributed by atoms with Gasteiger partial charge in [0.25, 0.3) is 0 Å². The van der Waals surface area contributed by atoms with Gasteiger partial charge in [-0.2, -0.15) is 0 Å². The van der Waals surface area contributed by atoms with Gasteiger partial charge in [-0.05, 0) is 36.4 Å². The van der Waals surface area contributed by atoms with E-state index in [1.54, 1.807) is 38.4 Å². The van der Waals surface area contributed by atoms with E-state index < -0.39 is 5.25 Å². The third-order valence-corrected chi connectivity index (χ3v) is 5.96. The fourth-order valence-electron chi connectivity index (χ4n) is 2.52. The Morgan fingerprint density at radius 1 is 1.28 bits per heavy atom. The number of thioether (sulfide) groups is 1. The molecule has 10 heteroatoms. The lowest BCUT2D eigenvalue weighted by atomic mass is 10.2. The monoisotopic (exact) mass is 453 g/mol. The van der Waals surface area contributed by atoms with Crippen LogP contribution in [0.3, 0.4) is 0 Å². The lowest BCUT2D eigenvalue weighted by Crippen LogP contribution is -2.43. The number of nitrogens with zero attached hydrogens (tertiary/aromatic N) is 2. The molecule has 1 fully saturated rings. The van der Waals surface area contributed by atoms with Gasteiger partial charge < -0.3 is 15.2 Å². The van der Waals surface area contributed by atoms with E-state index >= 15 is 0 Å². The molecule has 1 aliphatic rings. The maximum atomic E-state index is 12.7. The molecule has 1 aliphatic heterocycles. The molecule has 0 bridgehead atoms. The molecule has 1 heterocycles. The number of methoxy groups -OCH3 is 1. The Labute approximate surface area is 181 Å². The number of anilines is 1. The van der Waals surface area contributed by atoms with Gasteiger partial charge in [-0.25, -0.2) is 4.99 Å². The Balaban J connectivity index is 1.79. The van der Waals surface area contributed by atoms with Crippen molar-refractivity contribution in [2.24, 2.45) is 4.99 Å². The van der Waals surface area contributed by atoms with Crippen molar-refractivity contribution in [2.75, 3.05) is 19.5 Å². The first kappa shape index (κ1) is 21.3. The molecule has 0 saturated carbocycles. The number of phenols is 1. The van der Waals surface area contributed by atoms with E-state index in [0.29, 0.717) is 22.3 Å². The van der Waals surface area contributed by atoms with Crippen LogP contribution in [0, 0.1) is 0 Å². The van der Waals surface area contributed by atoms with Crippen molar-refractivity contribution in [1.82, 2.24) is 4.90 Å². The molecule has 1 unspecified atom stereocenters. The average molecular weight is 454 g/mol. The normalized spacial score (nSPS) is 18.1. The van der Waals surface area contributed by atoms with Gasteiger partial charge in [-0.15, -0.1) is 0 Å². The maximum absolute atomic E-state index is 12.7. The zero-order valence-corrected chi connectivity index (χ0v) is 17.8. The summed E-state index contributed by atoms with van der Waals surface area (Å²) in [6, 6.07) is 9.74. The minimum absolute atomic E-state index is 0.0409. The van der Waals surface area contributed by atoms with E-state index in [0.717, 1.165) is 11.8 Å². The standard InChI is InChI=1S/C19H17Cl2N3O4S/c1-24-16(25)9-15(18(27)22-10-3-5-12(28-2)6-4-10)29-19(24)23-11-7-13(20)17(26)14(21)8-11/h3-8,15,26H,9H2,1-2H3,(H,22,27). The van der Waals surface area contributed by atoms with Crippen LogP contribution in [0.25, 0.3) is 0 Å². The van der Waals surface area contributed by atoms with Crippen LogP contribution >= 0.6 is 35.0 Å². The summed E-state index contributed by atoms with van der Waals surface area (Å²) >= 11 is 13.0. The zero-order chi connectivity index (χ0) is 21.1. The molecule has 0 aliphatic carbocycles. The minimum atomic E-state index is -0.650. The Morgan fingerprint density at radius 3 is 2.48 bits per heavy atom. The number of benzene rings is 2. The zero-order valence-electron chi connectivity index (χ0n) is 15.5. The maximum Gasteiger partial charge on any atom is 0.238 e. The van der Waals surface area contributed by atoms with Crippen molar-refractivity contribution in [1.29, 1.82) is 0 Å². The number of carbonyl (C=O) groups excluding carboxylic acids is 2. The van der Waals surface area contributed by atoms with Crippen LogP contribution in [0.4, 0.5) is 11.4 Å². The molecule has 2 N–H and O–H groups in total. The third kappa shape index (κ3) is 4.95. The second-order valence-corrected chi connectivity index (χ2v) is 8.12.